The van der Waals surface area contributed by atoms with E-state index in [0.717, 1.165) is 17.8 Å². The summed E-state index contributed by atoms with van der Waals surface area (Å²) in [4.78, 5) is 0. The summed E-state index contributed by atoms with van der Waals surface area (Å²) < 4.78 is 8.31. The highest BCUT2D eigenvalue weighted by Crippen LogP contribution is 2.43. The fourth-order valence-corrected chi connectivity index (χ4v) is 3.47. The third kappa shape index (κ3) is 2.19. The van der Waals surface area contributed by atoms with E-state index in [1.165, 1.54) is 38.5 Å². The van der Waals surface area contributed by atoms with Crippen molar-refractivity contribution >= 4 is 0 Å². The fraction of sp³-hybridized carbons (Fsp3) is 0.786. The second-order valence-electron chi connectivity index (χ2n) is 5.83. The third-order valence-electron chi connectivity index (χ3n) is 4.51. The van der Waals surface area contributed by atoms with E-state index in [4.69, 9.17) is 10.5 Å². The molecule has 4 nitrogen and oxygen atoms in total. The molecule has 0 amide bonds. The molecule has 1 saturated heterocycles. The van der Waals surface area contributed by atoms with E-state index >= 15 is 0 Å². The summed E-state index contributed by atoms with van der Waals surface area (Å²) in [5.74, 6) is 0. The number of hydrogen-bond acceptors (Lipinski definition) is 3. The average Bonchev–Trinajstić information content (AvgIpc) is 3.04. The second kappa shape index (κ2) is 4.67. The summed E-state index contributed by atoms with van der Waals surface area (Å²) in [5.41, 5.74) is 8.10. The molecule has 2 heterocycles. The Morgan fingerprint density at radius 2 is 2.22 bits per heavy atom. The molecule has 0 radical (unpaired) electrons. The molecule has 0 bridgehead atoms. The van der Waals surface area contributed by atoms with Crippen LogP contribution in [0.3, 0.4) is 0 Å². The van der Waals surface area contributed by atoms with Gasteiger partial charge in [0.1, 0.15) is 0 Å². The number of ether oxygens (including phenoxy) is 1. The average molecular weight is 249 g/mol. The SMILES string of the molecule is Cc1nn(CC2CCC3(CCCC3)O2)cc1CN. The molecule has 4 heteroatoms. The predicted molar refractivity (Wildman–Crippen MR) is 70.2 cm³/mol. The first-order valence-electron chi connectivity index (χ1n) is 7.12. The van der Waals surface area contributed by atoms with E-state index in [2.05, 4.69) is 11.3 Å². The van der Waals surface area contributed by atoms with Crippen LogP contribution in [0.15, 0.2) is 6.20 Å². The standard InChI is InChI=1S/C14H23N3O/c1-11-12(8-15)9-17(16-11)10-13-4-7-14(18-13)5-2-3-6-14/h9,13H,2-8,10,15H2,1H3. The molecular formula is C14H23N3O. The van der Waals surface area contributed by atoms with Crippen LogP contribution >= 0.6 is 0 Å². The Bertz CT molecular complexity index is 421. The molecule has 1 unspecified atom stereocenters. The molecule has 18 heavy (non-hydrogen) atoms. The van der Waals surface area contributed by atoms with E-state index < -0.39 is 0 Å². The van der Waals surface area contributed by atoms with Gasteiger partial charge in [-0.2, -0.15) is 5.10 Å². The molecule has 3 rings (SSSR count). The van der Waals surface area contributed by atoms with Crippen molar-refractivity contribution in [2.75, 3.05) is 0 Å². The van der Waals surface area contributed by atoms with Crippen LogP contribution in [-0.4, -0.2) is 21.5 Å². The van der Waals surface area contributed by atoms with Gasteiger partial charge in [0.25, 0.3) is 0 Å². The normalized spacial score (nSPS) is 26.2. The van der Waals surface area contributed by atoms with Crippen LogP contribution in [0.1, 0.15) is 49.8 Å². The highest BCUT2D eigenvalue weighted by atomic mass is 16.5. The Morgan fingerprint density at radius 1 is 1.44 bits per heavy atom. The van der Waals surface area contributed by atoms with Gasteiger partial charge in [0, 0.05) is 18.3 Å². The van der Waals surface area contributed by atoms with Gasteiger partial charge in [-0.25, -0.2) is 0 Å². The number of rotatable bonds is 3. The largest absolute Gasteiger partial charge is 0.370 e. The third-order valence-corrected chi connectivity index (χ3v) is 4.51. The highest BCUT2D eigenvalue weighted by molar-refractivity contribution is 5.14. The molecular weight excluding hydrogens is 226 g/mol. The second-order valence-corrected chi connectivity index (χ2v) is 5.83. The van der Waals surface area contributed by atoms with Crippen molar-refractivity contribution in [3.8, 4) is 0 Å². The molecule has 1 aromatic heterocycles. The van der Waals surface area contributed by atoms with E-state index in [0.29, 0.717) is 12.6 Å². The van der Waals surface area contributed by atoms with Gasteiger partial charge in [-0.3, -0.25) is 4.68 Å². The van der Waals surface area contributed by atoms with Gasteiger partial charge in [-0.05, 0) is 32.6 Å². The van der Waals surface area contributed by atoms with Crippen molar-refractivity contribution in [3.63, 3.8) is 0 Å². The predicted octanol–water partition coefficient (Wildman–Crippen LogP) is 2.14. The Balaban J connectivity index is 1.63. The first-order valence-corrected chi connectivity index (χ1v) is 7.12. The van der Waals surface area contributed by atoms with E-state index in [-0.39, 0.29) is 5.60 Å². The Hall–Kier alpha value is -0.870. The van der Waals surface area contributed by atoms with Crippen LogP contribution < -0.4 is 5.73 Å². The van der Waals surface area contributed by atoms with Crippen LogP contribution in [0.25, 0.3) is 0 Å². The van der Waals surface area contributed by atoms with E-state index in [1.54, 1.807) is 0 Å². The van der Waals surface area contributed by atoms with Gasteiger partial charge in [-0.1, -0.05) is 12.8 Å². The summed E-state index contributed by atoms with van der Waals surface area (Å²) in [5, 5.41) is 4.52. The zero-order valence-corrected chi connectivity index (χ0v) is 11.2. The van der Waals surface area contributed by atoms with Gasteiger partial charge in [0.05, 0.1) is 23.9 Å². The molecule has 1 aromatic rings. The van der Waals surface area contributed by atoms with E-state index in [9.17, 15) is 0 Å². The summed E-state index contributed by atoms with van der Waals surface area (Å²) in [6.07, 6.45) is 10.0. The smallest absolute Gasteiger partial charge is 0.0779 e. The molecule has 1 spiro atoms. The maximum absolute atomic E-state index is 6.30. The first-order chi connectivity index (χ1) is 8.71. The van der Waals surface area contributed by atoms with Crippen LogP contribution in [0, 0.1) is 6.92 Å². The summed E-state index contributed by atoms with van der Waals surface area (Å²) >= 11 is 0. The molecule has 1 saturated carbocycles. The lowest BCUT2D eigenvalue weighted by Crippen LogP contribution is -2.26. The van der Waals surface area contributed by atoms with Crippen molar-refractivity contribution in [1.29, 1.82) is 0 Å². The number of nitrogens with two attached hydrogens (primary N) is 1. The topological polar surface area (TPSA) is 53.1 Å². The minimum absolute atomic E-state index is 0.226. The Morgan fingerprint density at radius 3 is 2.89 bits per heavy atom. The van der Waals surface area contributed by atoms with Gasteiger partial charge in [0.15, 0.2) is 0 Å². The Kier molecular flexibility index (Phi) is 3.16. The molecule has 1 aliphatic carbocycles. The molecule has 2 N–H and O–H groups in total. The summed E-state index contributed by atoms with van der Waals surface area (Å²) in [7, 11) is 0. The Labute approximate surface area is 108 Å². The van der Waals surface area contributed by atoms with Crippen molar-refractivity contribution in [1.82, 2.24) is 9.78 Å². The minimum atomic E-state index is 0.226. The quantitative estimate of drug-likeness (QED) is 0.893. The minimum Gasteiger partial charge on any atom is -0.370 e. The fourth-order valence-electron chi connectivity index (χ4n) is 3.47. The molecule has 2 fully saturated rings. The molecule has 1 aliphatic heterocycles. The number of aromatic nitrogens is 2. The van der Waals surface area contributed by atoms with Crippen LogP contribution in [0.5, 0.6) is 0 Å². The molecule has 100 valence electrons. The van der Waals surface area contributed by atoms with Crippen molar-refractivity contribution < 1.29 is 4.74 Å². The summed E-state index contributed by atoms with van der Waals surface area (Å²) in [6.45, 7) is 3.47. The van der Waals surface area contributed by atoms with Gasteiger partial charge < -0.3 is 10.5 Å². The lowest BCUT2D eigenvalue weighted by molar-refractivity contribution is -0.0429. The highest BCUT2D eigenvalue weighted by Gasteiger charge is 2.42. The maximum Gasteiger partial charge on any atom is 0.0779 e. The van der Waals surface area contributed by atoms with Crippen LogP contribution in [0.2, 0.25) is 0 Å². The van der Waals surface area contributed by atoms with Gasteiger partial charge >= 0.3 is 0 Å². The van der Waals surface area contributed by atoms with Crippen molar-refractivity contribution in [2.45, 2.75) is 70.2 Å². The lowest BCUT2D eigenvalue weighted by Gasteiger charge is -2.23. The van der Waals surface area contributed by atoms with E-state index in [1.807, 2.05) is 11.6 Å². The van der Waals surface area contributed by atoms with Gasteiger partial charge in [-0.15, -0.1) is 0 Å². The van der Waals surface area contributed by atoms with Crippen LogP contribution in [-0.2, 0) is 17.8 Å². The van der Waals surface area contributed by atoms with Gasteiger partial charge in [0.2, 0.25) is 0 Å². The molecule has 2 aliphatic rings. The number of aryl methyl sites for hydroxylation is 1. The number of nitrogens with zero attached hydrogens (tertiary/aromatic N) is 2. The van der Waals surface area contributed by atoms with Crippen molar-refractivity contribution in [2.24, 2.45) is 5.73 Å². The zero-order valence-electron chi connectivity index (χ0n) is 11.2. The molecule has 1 atom stereocenters. The lowest BCUT2D eigenvalue weighted by atomic mass is 9.98. The summed E-state index contributed by atoms with van der Waals surface area (Å²) in [6, 6.07) is 0. The molecule has 0 aromatic carbocycles. The first kappa shape index (κ1) is 12.2. The monoisotopic (exact) mass is 249 g/mol. The van der Waals surface area contributed by atoms with Crippen LogP contribution in [0.4, 0.5) is 0 Å². The zero-order chi connectivity index (χ0) is 12.6. The van der Waals surface area contributed by atoms with Crippen molar-refractivity contribution in [3.05, 3.63) is 17.5 Å². The number of hydrogen-bond donors (Lipinski definition) is 1. The maximum atomic E-state index is 6.30.